The van der Waals surface area contributed by atoms with Crippen molar-refractivity contribution in [2.24, 2.45) is 4.99 Å². The number of nitrogens with zero attached hydrogens (tertiary/aromatic N) is 2. The van der Waals surface area contributed by atoms with Crippen LogP contribution in [0.3, 0.4) is 0 Å². The van der Waals surface area contributed by atoms with E-state index < -0.39 is 0 Å². The van der Waals surface area contributed by atoms with E-state index in [2.05, 4.69) is 57.4 Å². The minimum atomic E-state index is 0.435. The second kappa shape index (κ2) is 9.86. The van der Waals surface area contributed by atoms with Gasteiger partial charge in [-0.25, -0.2) is 4.99 Å². The molecule has 2 aromatic rings. The average Bonchev–Trinajstić information content (AvgIpc) is 3.21. The van der Waals surface area contributed by atoms with Crippen LogP contribution in [-0.4, -0.2) is 38.2 Å². The maximum Gasteiger partial charge on any atom is 0.191 e. The number of hydrogen-bond acceptors (Lipinski definition) is 3. The molecule has 2 heterocycles. The van der Waals surface area contributed by atoms with Crippen LogP contribution in [0.2, 0.25) is 0 Å². The van der Waals surface area contributed by atoms with Crippen LogP contribution in [0.5, 0.6) is 0 Å². The van der Waals surface area contributed by atoms with Gasteiger partial charge in [0.2, 0.25) is 0 Å². The van der Waals surface area contributed by atoms with Crippen LogP contribution >= 0.6 is 0 Å². The summed E-state index contributed by atoms with van der Waals surface area (Å²) >= 11 is 0. The van der Waals surface area contributed by atoms with Crippen molar-refractivity contribution in [3.8, 4) is 0 Å². The third-order valence-electron chi connectivity index (χ3n) is 4.71. The summed E-state index contributed by atoms with van der Waals surface area (Å²) in [6, 6.07) is 15.0. The van der Waals surface area contributed by atoms with Gasteiger partial charge < -0.3 is 20.0 Å². The number of benzene rings is 1. The fourth-order valence-corrected chi connectivity index (χ4v) is 3.24. The topological polar surface area (TPSA) is 52.8 Å². The van der Waals surface area contributed by atoms with Gasteiger partial charge in [-0.05, 0) is 44.0 Å². The Hall–Kier alpha value is -2.69. The smallest absolute Gasteiger partial charge is 0.191 e. The number of rotatable bonds is 7. The SMILES string of the molecule is C=C(C)CN=C(NCCc1ccco1)NC1CCN(c2ccccc2)CC1. The molecule has 0 radical (unpaired) electrons. The van der Waals surface area contributed by atoms with Gasteiger partial charge in [-0.3, -0.25) is 0 Å². The molecule has 1 aliphatic rings. The third-order valence-corrected chi connectivity index (χ3v) is 4.71. The highest BCUT2D eigenvalue weighted by atomic mass is 16.3. The Balaban J connectivity index is 1.49. The Labute approximate surface area is 162 Å². The Kier molecular flexibility index (Phi) is 6.97. The van der Waals surface area contributed by atoms with E-state index in [1.54, 1.807) is 6.26 Å². The minimum absolute atomic E-state index is 0.435. The molecule has 5 nitrogen and oxygen atoms in total. The molecule has 144 valence electrons. The Morgan fingerprint density at radius 1 is 1.19 bits per heavy atom. The standard InChI is InChI=1S/C22H30N4O/c1-18(2)17-24-22(23-13-10-21-9-6-16-27-21)25-19-11-14-26(15-12-19)20-7-4-3-5-8-20/h3-9,16,19H,1,10-15,17H2,2H3,(H2,23,24,25). The van der Waals surface area contributed by atoms with Gasteiger partial charge in [0, 0.05) is 37.8 Å². The number of anilines is 1. The quantitative estimate of drug-likeness (QED) is 0.447. The first-order chi connectivity index (χ1) is 13.2. The van der Waals surface area contributed by atoms with E-state index in [4.69, 9.17) is 4.42 Å². The highest BCUT2D eigenvalue weighted by molar-refractivity contribution is 5.80. The molecule has 27 heavy (non-hydrogen) atoms. The predicted molar refractivity (Wildman–Crippen MR) is 112 cm³/mol. The van der Waals surface area contributed by atoms with Gasteiger partial charge in [0.05, 0.1) is 12.8 Å². The molecule has 0 unspecified atom stereocenters. The zero-order chi connectivity index (χ0) is 18.9. The molecule has 0 bridgehead atoms. The van der Waals surface area contributed by atoms with Crippen LogP contribution in [-0.2, 0) is 6.42 Å². The molecular weight excluding hydrogens is 336 g/mol. The van der Waals surface area contributed by atoms with Crippen LogP contribution in [0.1, 0.15) is 25.5 Å². The number of piperidine rings is 1. The first kappa shape index (κ1) is 19.1. The van der Waals surface area contributed by atoms with E-state index >= 15 is 0 Å². The van der Waals surface area contributed by atoms with Crippen molar-refractivity contribution in [2.75, 3.05) is 31.1 Å². The number of furan rings is 1. The zero-order valence-corrected chi connectivity index (χ0v) is 16.2. The lowest BCUT2D eigenvalue weighted by molar-refractivity contribution is 0.460. The van der Waals surface area contributed by atoms with E-state index in [0.717, 1.165) is 56.2 Å². The van der Waals surface area contributed by atoms with Crippen molar-refractivity contribution in [2.45, 2.75) is 32.2 Å². The first-order valence-corrected chi connectivity index (χ1v) is 9.72. The summed E-state index contributed by atoms with van der Waals surface area (Å²) < 4.78 is 5.40. The molecule has 0 spiro atoms. The highest BCUT2D eigenvalue weighted by Crippen LogP contribution is 2.19. The van der Waals surface area contributed by atoms with Gasteiger partial charge in [0.1, 0.15) is 5.76 Å². The Morgan fingerprint density at radius 3 is 2.63 bits per heavy atom. The molecule has 0 aliphatic carbocycles. The second-order valence-corrected chi connectivity index (χ2v) is 7.12. The van der Waals surface area contributed by atoms with Crippen molar-refractivity contribution >= 4 is 11.6 Å². The molecule has 5 heteroatoms. The van der Waals surface area contributed by atoms with Crippen molar-refractivity contribution in [1.82, 2.24) is 10.6 Å². The van der Waals surface area contributed by atoms with Gasteiger partial charge in [0.25, 0.3) is 0 Å². The maximum absolute atomic E-state index is 5.40. The molecule has 1 fully saturated rings. The fourth-order valence-electron chi connectivity index (χ4n) is 3.24. The van der Waals surface area contributed by atoms with Crippen molar-refractivity contribution in [3.05, 3.63) is 66.6 Å². The molecule has 1 aromatic carbocycles. The summed E-state index contributed by atoms with van der Waals surface area (Å²) in [5, 5.41) is 7.03. The molecule has 1 aromatic heterocycles. The van der Waals surface area contributed by atoms with E-state index in [-0.39, 0.29) is 0 Å². The maximum atomic E-state index is 5.40. The van der Waals surface area contributed by atoms with Gasteiger partial charge >= 0.3 is 0 Å². The molecule has 1 aliphatic heterocycles. The van der Waals surface area contributed by atoms with E-state index in [1.165, 1.54) is 5.69 Å². The average molecular weight is 367 g/mol. The van der Waals surface area contributed by atoms with Crippen molar-refractivity contribution in [3.63, 3.8) is 0 Å². The predicted octanol–water partition coefficient (Wildman–Crippen LogP) is 3.60. The normalized spacial score (nSPS) is 15.6. The van der Waals surface area contributed by atoms with Gasteiger partial charge in [-0.15, -0.1) is 0 Å². The monoisotopic (exact) mass is 366 g/mol. The lowest BCUT2D eigenvalue weighted by Gasteiger charge is -2.34. The Bertz CT molecular complexity index is 716. The summed E-state index contributed by atoms with van der Waals surface area (Å²) in [6.45, 7) is 9.50. The van der Waals surface area contributed by atoms with Crippen molar-refractivity contribution < 1.29 is 4.42 Å². The second-order valence-electron chi connectivity index (χ2n) is 7.12. The van der Waals surface area contributed by atoms with E-state index in [9.17, 15) is 0 Å². The number of nitrogens with one attached hydrogen (secondary N) is 2. The highest BCUT2D eigenvalue weighted by Gasteiger charge is 2.20. The minimum Gasteiger partial charge on any atom is -0.469 e. The molecule has 3 rings (SSSR count). The van der Waals surface area contributed by atoms with E-state index in [0.29, 0.717) is 12.6 Å². The van der Waals surface area contributed by atoms with Gasteiger partial charge in [-0.2, -0.15) is 0 Å². The molecule has 0 saturated carbocycles. The summed E-state index contributed by atoms with van der Waals surface area (Å²) in [5.41, 5.74) is 2.37. The molecule has 2 N–H and O–H groups in total. The third kappa shape index (κ3) is 6.20. The van der Waals surface area contributed by atoms with Gasteiger partial charge in [0.15, 0.2) is 5.96 Å². The summed E-state index contributed by atoms with van der Waals surface area (Å²) in [6.07, 6.45) is 4.75. The molecule has 0 amide bonds. The number of aliphatic imine (C=N–C) groups is 1. The van der Waals surface area contributed by atoms with Crippen LogP contribution in [0.4, 0.5) is 5.69 Å². The summed E-state index contributed by atoms with van der Waals surface area (Å²) in [4.78, 5) is 7.12. The molecule has 0 atom stereocenters. The summed E-state index contributed by atoms with van der Waals surface area (Å²) in [7, 11) is 0. The van der Waals surface area contributed by atoms with Crippen LogP contribution in [0.25, 0.3) is 0 Å². The van der Waals surface area contributed by atoms with Gasteiger partial charge in [-0.1, -0.05) is 30.4 Å². The van der Waals surface area contributed by atoms with Crippen LogP contribution in [0, 0.1) is 0 Å². The van der Waals surface area contributed by atoms with Crippen LogP contribution < -0.4 is 15.5 Å². The largest absolute Gasteiger partial charge is 0.469 e. The number of hydrogen-bond donors (Lipinski definition) is 2. The van der Waals surface area contributed by atoms with Crippen LogP contribution in [0.15, 0.2) is 70.3 Å². The van der Waals surface area contributed by atoms with E-state index in [1.807, 2.05) is 19.1 Å². The molecule has 1 saturated heterocycles. The zero-order valence-electron chi connectivity index (χ0n) is 16.2. The van der Waals surface area contributed by atoms with Crippen molar-refractivity contribution in [1.29, 1.82) is 0 Å². The number of guanidine groups is 1. The lowest BCUT2D eigenvalue weighted by Crippen LogP contribution is -2.49. The molecular formula is C22H30N4O. The fraction of sp³-hybridized carbons (Fsp3) is 0.409. The summed E-state index contributed by atoms with van der Waals surface area (Å²) in [5.74, 6) is 1.85. The first-order valence-electron chi connectivity index (χ1n) is 9.72. The number of para-hydroxylation sites is 1. The lowest BCUT2D eigenvalue weighted by atomic mass is 10.0. The Morgan fingerprint density at radius 2 is 1.96 bits per heavy atom.